The molecule has 1 aliphatic heterocycles. The topological polar surface area (TPSA) is 70.8 Å². The molecule has 0 radical (unpaired) electrons. The quantitative estimate of drug-likeness (QED) is 0.907. The van der Waals surface area contributed by atoms with E-state index in [0.29, 0.717) is 17.6 Å². The van der Waals surface area contributed by atoms with Gasteiger partial charge in [0.15, 0.2) is 10.4 Å². The van der Waals surface area contributed by atoms with Crippen molar-refractivity contribution in [1.29, 1.82) is 0 Å². The zero-order chi connectivity index (χ0) is 12.6. The van der Waals surface area contributed by atoms with Gasteiger partial charge in [-0.1, -0.05) is 6.92 Å². The normalized spacial score (nSPS) is 24.0. The monoisotopic (exact) mass is 301 g/mol. The molecule has 0 bridgehead atoms. The number of aliphatic carboxylic acids is 1. The number of hydrogen-bond acceptors (Lipinski definition) is 3. The fourth-order valence-corrected chi connectivity index (χ4v) is 2.43. The van der Waals surface area contributed by atoms with Crippen LogP contribution in [0.1, 0.15) is 23.9 Å². The number of amides is 1. The number of carboxylic acids is 1. The van der Waals surface area contributed by atoms with Crippen molar-refractivity contribution in [3.8, 4) is 0 Å². The minimum Gasteiger partial charge on any atom is -0.480 e. The van der Waals surface area contributed by atoms with E-state index in [-0.39, 0.29) is 17.6 Å². The van der Waals surface area contributed by atoms with E-state index in [2.05, 4.69) is 15.9 Å². The molecule has 1 N–H and O–H groups in total. The summed E-state index contributed by atoms with van der Waals surface area (Å²) >= 11 is 3.11. The van der Waals surface area contributed by atoms with Gasteiger partial charge in [-0.15, -0.1) is 0 Å². The third-order valence-electron chi connectivity index (χ3n) is 3.00. The molecular formula is C11H12BrNO4. The first kappa shape index (κ1) is 12.2. The SMILES string of the molecule is CC1CCN(C(=O)c2ccc(Br)o2)C1C(=O)O. The molecule has 2 unspecified atom stereocenters. The van der Waals surface area contributed by atoms with E-state index >= 15 is 0 Å². The van der Waals surface area contributed by atoms with Gasteiger partial charge in [0.2, 0.25) is 0 Å². The minimum absolute atomic E-state index is 0.0325. The summed E-state index contributed by atoms with van der Waals surface area (Å²) < 4.78 is 5.61. The zero-order valence-corrected chi connectivity index (χ0v) is 10.8. The Hall–Kier alpha value is -1.30. The summed E-state index contributed by atoms with van der Waals surface area (Å²) in [6.45, 7) is 2.29. The van der Waals surface area contributed by atoms with E-state index in [0.717, 1.165) is 0 Å². The highest BCUT2D eigenvalue weighted by atomic mass is 79.9. The first-order chi connectivity index (χ1) is 8.00. The smallest absolute Gasteiger partial charge is 0.326 e. The second-order valence-electron chi connectivity index (χ2n) is 4.15. The van der Waals surface area contributed by atoms with Crippen LogP contribution in [0.5, 0.6) is 0 Å². The van der Waals surface area contributed by atoms with E-state index < -0.39 is 12.0 Å². The van der Waals surface area contributed by atoms with Crippen molar-refractivity contribution in [2.24, 2.45) is 5.92 Å². The third-order valence-corrected chi connectivity index (χ3v) is 3.42. The van der Waals surface area contributed by atoms with Gasteiger partial charge in [-0.3, -0.25) is 4.79 Å². The highest BCUT2D eigenvalue weighted by molar-refractivity contribution is 9.10. The summed E-state index contributed by atoms with van der Waals surface area (Å²) in [5.41, 5.74) is 0. The zero-order valence-electron chi connectivity index (χ0n) is 9.22. The number of nitrogens with zero attached hydrogens (tertiary/aromatic N) is 1. The number of likely N-dealkylation sites (tertiary alicyclic amines) is 1. The first-order valence-corrected chi connectivity index (χ1v) is 6.09. The van der Waals surface area contributed by atoms with Gasteiger partial charge in [-0.05, 0) is 40.4 Å². The van der Waals surface area contributed by atoms with Gasteiger partial charge in [0.1, 0.15) is 6.04 Å². The lowest BCUT2D eigenvalue weighted by Gasteiger charge is -2.22. The molecule has 0 saturated carbocycles. The van der Waals surface area contributed by atoms with Crippen LogP contribution in [0, 0.1) is 5.92 Å². The second kappa shape index (κ2) is 4.52. The Labute approximate surface area is 107 Å². The number of carbonyl (C=O) groups excluding carboxylic acids is 1. The van der Waals surface area contributed by atoms with E-state index in [4.69, 9.17) is 9.52 Å². The Morgan fingerprint density at radius 1 is 1.53 bits per heavy atom. The molecule has 2 heterocycles. The molecular weight excluding hydrogens is 290 g/mol. The number of halogens is 1. The number of carbonyl (C=O) groups is 2. The number of hydrogen-bond donors (Lipinski definition) is 1. The van der Waals surface area contributed by atoms with Crippen molar-refractivity contribution in [2.75, 3.05) is 6.54 Å². The van der Waals surface area contributed by atoms with Crippen LogP contribution in [0.2, 0.25) is 0 Å². The molecule has 92 valence electrons. The first-order valence-electron chi connectivity index (χ1n) is 5.30. The summed E-state index contributed by atoms with van der Waals surface area (Å²) in [7, 11) is 0. The number of rotatable bonds is 2. The Morgan fingerprint density at radius 2 is 2.24 bits per heavy atom. The molecule has 17 heavy (non-hydrogen) atoms. The highest BCUT2D eigenvalue weighted by Gasteiger charge is 2.40. The molecule has 2 atom stereocenters. The van der Waals surface area contributed by atoms with Crippen LogP contribution >= 0.6 is 15.9 Å². The van der Waals surface area contributed by atoms with Crippen molar-refractivity contribution in [2.45, 2.75) is 19.4 Å². The average Bonchev–Trinajstić information content (AvgIpc) is 2.83. The summed E-state index contributed by atoms with van der Waals surface area (Å²) in [5.74, 6) is -1.20. The van der Waals surface area contributed by atoms with Crippen LogP contribution in [0.3, 0.4) is 0 Å². The molecule has 1 amide bonds. The molecule has 0 spiro atoms. The fourth-order valence-electron chi connectivity index (χ4n) is 2.12. The minimum atomic E-state index is -0.964. The molecule has 0 aromatic carbocycles. The summed E-state index contributed by atoms with van der Waals surface area (Å²) in [6.07, 6.45) is 0.699. The molecule has 1 saturated heterocycles. The van der Waals surface area contributed by atoms with Crippen LogP contribution in [0.25, 0.3) is 0 Å². The molecule has 6 heteroatoms. The number of carboxylic acid groups (broad SMARTS) is 1. The van der Waals surface area contributed by atoms with E-state index in [1.54, 1.807) is 6.07 Å². The summed E-state index contributed by atoms with van der Waals surface area (Å²) in [4.78, 5) is 24.6. The lowest BCUT2D eigenvalue weighted by molar-refractivity contribution is -0.142. The molecule has 2 rings (SSSR count). The standard InChI is InChI=1S/C11H12BrNO4/c1-6-4-5-13(9(6)11(15)16)10(14)7-2-3-8(12)17-7/h2-3,6,9H,4-5H2,1H3,(H,15,16). The molecule has 5 nitrogen and oxygen atoms in total. The van der Waals surface area contributed by atoms with Gasteiger partial charge in [-0.25, -0.2) is 4.79 Å². The lowest BCUT2D eigenvalue weighted by atomic mass is 10.0. The maximum atomic E-state index is 12.1. The van der Waals surface area contributed by atoms with Crippen molar-refractivity contribution in [3.63, 3.8) is 0 Å². The third kappa shape index (κ3) is 2.22. The fraction of sp³-hybridized carbons (Fsp3) is 0.455. The van der Waals surface area contributed by atoms with Crippen molar-refractivity contribution in [1.82, 2.24) is 4.90 Å². The van der Waals surface area contributed by atoms with Crippen LogP contribution < -0.4 is 0 Å². The van der Waals surface area contributed by atoms with Crippen molar-refractivity contribution >= 4 is 27.8 Å². The van der Waals surface area contributed by atoms with Crippen LogP contribution in [0.4, 0.5) is 0 Å². The molecule has 0 aliphatic carbocycles. The molecule has 1 aromatic rings. The Kier molecular flexibility index (Phi) is 3.24. The maximum absolute atomic E-state index is 12.1. The predicted octanol–water partition coefficient (Wildman–Crippen LogP) is 1.98. The van der Waals surface area contributed by atoms with Crippen LogP contribution in [-0.4, -0.2) is 34.5 Å². The lowest BCUT2D eigenvalue weighted by Crippen LogP contribution is -2.42. The van der Waals surface area contributed by atoms with Crippen molar-refractivity contribution < 1.29 is 19.1 Å². The summed E-state index contributed by atoms with van der Waals surface area (Å²) in [6, 6.07) is 2.39. The van der Waals surface area contributed by atoms with Gasteiger partial charge in [-0.2, -0.15) is 0 Å². The molecule has 1 aromatic heterocycles. The van der Waals surface area contributed by atoms with E-state index in [9.17, 15) is 9.59 Å². The van der Waals surface area contributed by atoms with Gasteiger partial charge in [0, 0.05) is 6.54 Å². The predicted molar refractivity (Wildman–Crippen MR) is 62.6 cm³/mol. The van der Waals surface area contributed by atoms with Gasteiger partial charge in [0.25, 0.3) is 5.91 Å². The Balaban J connectivity index is 2.22. The van der Waals surface area contributed by atoms with E-state index in [1.165, 1.54) is 11.0 Å². The van der Waals surface area contributed by atoms with Crippen molar-refractivity contribution in [3.05, 3.63) is 22.6 Å². The Bertz CT molecular complexity index is 456. The van der Waals surface area contributed by atoms with E-state index in [1.807, 2.05) is 6.92 Å². The van der Waals surface area contributed by atoms with Gasteiger partial charge in [0.05, 0.1) is 0 Å². The van der Waals surface area contributed by atoms with Crippen LogP contribution in [0.15, 0.2) is 21.2 Å². The molecule has 1 aliphatic rings. The Morgan fingerprint density at radius 3 is 2.76 bits per heavy atom. The van der Waals surface area contributed by atoms with Gasteiger partial charge < -0.3 is 14.4 Å². The maximum Gasteiger partial charge on any atom is 0.326 e. The van der Waals surface area contributed by atoms with Crippen LogP contribution in [-0.2, 0) is 4.79 Å². The summed E-state index contributed by atoms with van der Waals surface area (Å²) in [5, 5.41) is 9.12. The highest BCUT2D eigenvalue weighted by Crippen LogP contribution is 2.27. The average molecular weight is 302 g/mol. The number of furan rings is 1. The van der Waals surface area contributed by atoms with Gasteiger partial charge >= 0.3 is 5.97 Å². The second-order valence-corrected chi connectivity index (χ2v) is 4.93. The molecule has 1 fully saturated rings. The largest absolute Gasteiger partial charge is 0.480 e.